The van der Waals surface area contributed by atoms with Crippen molar-refractivity contribution >= 4 is 5.91 Å². The van der Waals surface area contributed by atoms with Gasteiger partial charge in [0.15, 0.2) is 0 Å². The van der Waals surface area contributed by atoms with Crippen LogP contribution >= 0.6 is 0 Å². The fourth-order valence-electron chi connectivity index (χ4n) is 1.07. The first-order chi connectivity index (χ1) is 4.70. The molecule has 1 aliphatic rings. The van der Waals surface area contributed by atoms with Crippen molar-refractivity contribution in [1.82, 2.24) is 10.6 Å². The molecule has 10 heavy (non-hydrogen) atoms. The molecule has 1 fully saturated rings. The zero-order valence-electron chi connectivity index (χ0n) is 5.92. The fourth-order valence-corrected chi connectivity index (χ4v) is 1.07. The molecular weight excluding hydrogens is 132 g/mol. The predicted octanol–water partition coefficient (Wildman–Crippen LogP) is -1.54. The summed E-state index contributed by atoms with van der Waals surface area (Å²) in [6.07, 6.45) is -0.427. The standard InChI is InChI=1S/C6H12N2O2/c1-4(9)8-5-2-7-3-6(5)10/h5-7,10H,2-3H2,1H3,(H,8,9)/t5-,6+/m1/s1. The summed E-state index contributed by atoms with van der Waals surface area (Å²) >= 11 is 0. The minimum Gasteiger partial charge on any atom is -0.390 e. The Kier molecular flexibility index (Phi) is 2.24. The number of amides is 1. The molecule has 0 aromatic carbocycles. The lowest BCUT2D eigenvalue weighted by Gasteiger charge is -2.12. The van der Waals surface area contributed by atoms with Crippen LogP contribution in [0.3, 0.4) is 0 Å². The number of aliphatic hydroxyl groups is 1. The van der Waals surface area contributed by atoms with E-state index in [2.05, 4.69) is 10.6 Å². The summed E-state index contributed by atoms with van der Waals surface area (Å²) < 4.78 is 0. The van der Waals surface area contributed by atoms with Crippen molar-refractivity contribution < 1.29 is 9.90 Å². The van der Waals surface area contributed by atoms with E-state index in [4.69, 9.17) is 5.11 Å². The maximum atomic E-state index is 10.5. The molecule has 0 aromatic rings. The number of aliphatic hydroxyl groups excluding tert-OH is 1. The molecule has 1 heterocycles. The summed E-state index contributed by atoms with van der Waals surface area (Å²) in [4.78, 5) is 10.5. The van der Waals surface area contributed by atoms with Gasteiger partial charge in [0.1, 0.15) is 0 Å². The summed E-state index contributed by atoms with van der Waals surface area (Å²) in [5, 5.41) is 14.8. The average molecular weight is 144 g/mol. The Morgan fingerprint density at radius 2 is 2.40 bits per heavy atom. The lowest BCUT2D eigenvalue weighted by molar-refractivity contribution is -0.120. The summed E-state index contributed by atoms with van der Waals surface area (Å²) in [6, 6.07) is -0.0995. The zero-order chi connectivity index (χ0) is 7.56. The molecule has 1 aliphatic heterocycles. The maximum absolute atomic E-state index is 10.5. The fraction of sp³-hybridized carbons (Fsp3) is 0.833. The normalized spacial score (nSPS) is 32.2. The van der Waals surface area contributed by atoms with Crippen LogP contribution in [-0.4, -0.2) is 36.2 Å². The molecule has 1 saturated heterocycles. The predicted molar refractivity (Wildman–Crippen MR) is 36.5 cm³/mol. The average Bonchev–Trinajstić information content (AvgIpc) is 2.15. The van der Waals surface area contributed by atoms with Gasteiger partial charge in [0, 0.05) is 20.0 Å². The monoisotopic (exact) mass is 144 g/mol. The maximum Gasteiger partial charge on any atom is 0.217 e. The largest absolute Gasteiger partial charge is 0.390 e. The lowest BCUT2D eigenvalue weighted by atomic mass is 10.2. The van der Waals surface area contributed by atoms with E-state index in [1.807, 2.05) is 0 Å². The Hall–Kier alpha value is -0.610. The van der Waals surface area contributed by atoms with Gasteiger partial charge < -0.3 is 15.7 Å². The van der Waals surface area contributed by atoms with E-state index < -0.39 is 6.10 Å². The molecule has 1 rings (SSSR count). The Morgan fingerprint density at radius 1 is 1.70 bits per heavy atom. The van der Waals surface area contributed by atoms with Crippen molar-refractivity contribution in [1.29, 1.82) is 0 Å². The highest BCUT2D eigenvalue weighted by molar-refractivity contribution is 5.73. The second kappa shape index (κ2) is 2.98. The van der Waals surface area contributed by atoms with E-state index in [-0.39, 0.29) is 11.9 Å². The van der Waals surface area contributed by atoms with Crippen molar-refractivity contribution in [3.8, 4) is 0 Å². The second-order valence-electron chi connectivity index (χ2n) is 2.53. The molecule has 58 valence electrons. The highest BCUT2D eigenvalue weighted by atomic mass is 16.3. The van der Waals surface area contributed by atoms with Crippen molar-refractivity contribution in [2.24, 2.45) is 0 Å². The van der Waals surface area contributed by atoms with Crippen LogP contribution in [-0.2, 0) is 4.79 Å². The third-order valence-corrected chi connectivity index (χ3v) is 1.57. The Morgan fingerprint density at radius 3 is 2.80 bits per heavy atom. The quantitative estimate of drug-likeness (QED) is 0.418. The number of hydrogen-bond acceptors (Lipinski definition) is 3. The van der Waals surface area contributed by atoms with Gasteiger partial charge in [-0.3, -0.25) is 4.79 Å². The van der Waals surface area contributed by atoms with E-state index in [1.54, 1.807) is 0 Å². The first-order valence-electron chi connectivity index (χ1n) is 3.36. The van der Waals surface area contributed by atoms with Crippen molar-refractivity contribution in [3.63, 3.8) is 0 Å². The first kappa shape index (κ1) is 7.50. The summed E-state index contributed by atoms with van der Waals surface area (Å²) in [7, 11) is 0. The van der Waals surface area contributed by atoms with Crippen molar-refractivity contribution in [2.45, 2.75) is 19.1 Å². The van der Waals surface area contributed by atoms with Gasteiger partial charge in [-0.15, -0.1) is 0 Å². The molecule has 4 nitrogen and oxygen atoms in total. The molecule has 0 aliphatic carbocycles. The van der Waals surface area contributed by atoms with Gasteiger partial charge >= 0.3 is 0 Å². The van der Waals surface area contributed by atoms with Gasteiger partial charge in [-0.05, 0) is 0 Å². The lowest BCUT2D eigenvalue weighted by Crippen LogP contribution is -2.41. The van der Waals surface area contributed by atoms with Gasteiger partial charge in [0.05, 0.1) is 12.1 Å². The summed E-state index contributed by atoms with van der Waals surface area (Å²) in [5.74, 6) is -0.0900. The topological polar surface area (TPSA) is 61.4 Å². The van der Waals surface area contributed by atoms with Crippen LogP contribution in [0.2, 0.25) is 0 Å². The summed E-state index contributed by atoms with van der Waals surface area (Å²) in [5.41, 5.74) is 0. The molecule has 1 amide bonds. The van der Waals surface area contributed by atoms with E-state index in [0.717, 1.165) is 0 Å². The smallest absolute Gasteiger partial charge is 0.217 e. The van der Waals surface area contributed by atoms with Gasteiger partial charge in [-0.25, -0.2) is 0 Å². The van der Waals surface area contributed by atoms with Crippen LogP contribution in [0.1, 0.15) is 6.92 Å². The van der Waals surface area contributed by atoms with Crippen LogP contribution < -0.4 is 10.6 Å². The van der Waals surface area contributed by atoms with Crippen molar-refractivity contribution in [2.75, 3.05) is 13.1 Å². The number of hydrogen-bond donors (Lipinski definition) is 3. The molecule has 0 unspecified atom stereocenters. The van der Waals surface area contributed by atoms with Crippen LogP contribution in [0.4, 0.5) is 0 Å². The molecule has 3 N–H and O–H groups in total. The van der Waals surface area contributed by atoms with Gasteiger partial charge in [-0.2, -0.15) is 0 Å². The molecule has 2 atom stereocenters. The van der Waals surface area contributed by atoms with Crippen LogP contribution in [0, 0.1) is 0 Å². The Balaban J connectivity index is 2.33. The number of carbonyl (C=O) groups is 1. The third-order valence-electron chi connectivity index (χ3n) is 1.57. The van der Waals surface area contributed by atoms with Crippen LogP contribution in [0.15, 0.2) is 0 Å². The Bertz CT molecular complexity index is 138. The van der Waals surface area contributed by atoms with Crippen LogP contribution in [0.5, 0.6) is 0 Å². The minimum atomic E-state index is -0.427. The third kappa shape index (κ3) is 1.68. The van der Waals surface area contributed by atoms with Gasteiger partial charge in [0.25, 0.3) is 0 Å². The molecule has 0 spiro atoms. The zero-order valence-corrected chi connectivity index (χ0v) is 5.92. The number of carbonyl (C=O) groups excluding carboxylic acids is 1. The molecule has 0 aromatic heterocycles. The second-order valence-corrected chi connectivity index (χ2v) is 2.53. The molecule has 0 bridgehead atoms. The summed E-state index contributed by atoms with van der Waals surface area (Å²) in [6.45, 7) is 2.69. The van der Waals surface area contributed by atoms with Crippen LogP contribution in [0.25, 0.3) is 0 Å². The SMILES string of the molecule is CC(=O)N[C@@H]1CNC[C@@H]1O. The van der Waals surface area contributed by atoms with E-state index in [0.29, 0.717) is 13.1 Å². The van der Waals surface area contributed by atoms with Gasteiger partial charge in [0.2, 0.25) is 5.91 Å². The minimum absolute atomic E-state index is 0.0900. The Labute approximate surface area is 59.6 Å². The molecular formula is C6H12N2O2. The number of nitrogens with one attached hydrogen (secondary N) is 2. The molecule has 4 heteroatoms. The molecule has 0 saturated carbocycles. The highest BCUT2D eigenvalue weighted by Gasteiger charge is 2.24. The first-order valence-corrected chi connectivity index (χ1v) is 3.36. The number of β-amino-alcohol motifs (C(OH)–C–C–N with tert-alkyl or cyclic N) is 1. The van der Waals surface area contributed by atoms with Gasteiger partial charge in [-0.1, -0.05) is 0 Å². The highest BCUT2D eigenvalue weighted by Crippen LogP contribution is 1.97. The van der Waals surface area contributed by atoms with E-state index in [9.17, 15) is 4.79 Å². The van der Waals surface area contributed by atoms with E-state index in [1.165, 1.54) is 6.92 Å². The number of rotatable bonds is 1. The molecule has 0 radical (unpaired) electrons. The van der Waals surface area contributed by atoms with Crippen molar-refractivity contribution in [3.05, 3.63) is 0 Å². The van der Waals surface area contributed by atoms with E-state index >= 15 is 0 Å².